The number of esters is 1. The smallest absolute Gasteiger partial charge is 0.329 e. The van der Waals surface area contributed by atoms with Gasteiger partial charge in [-0.2, -0.15) is 0 Å². The van der Waals surface area contributed by atoms with Gasteiger partial charge in [-0.1, -0.05) is 26.0 Å². The van der Waals surface area contributed by atoms with Crippen LogP contribution in [0.15, 0.2) is 24.3 Å². The zero-order valence-corrected chi connectivity index (χ0v) is 13.9. The number of carbonyl (C=O) groups is 4. The Labute approximate surface area is 140 Å². The molecular formula is C17H20N2O5. The van der Waals surface area contributed by atoms with E-state index in [2.05, 4.69) is 5.32 Å². The highest BCUT2D eigenvalue weighted by Crippen LogP contribution is 2.27. The number of amides is 3. The second-order valence-electron chi connectivity index (χ2n) is 5.95. The fourth-order valence-corrected chi connectivity index (χ4v) is 2.55. The summed E-state index contributed by atoms with van der Waals surface area (Å²) in [4.78, 5) is 49.7. The Balaban J connectivity index is 2.26. The minimum Gasteiger partial charge on any atom is -0.454 e. The maximum Gasteiger partial charge on any atom is 0.329 e. The van der Waals surface area contributed by atoms with Gasteiger partial charge in [-0.15, -0.1) is 0 Å². The number of benzene rings is 1. The monoisotopic (exact) mass is 332 g/mol. The van der Waals surface area contributed by atoms with Gasteiger partial charge < -0.3 is 10.1 Å². The van der Waals surface area contributed by atoms with Gasteiger partial charge in [0.1, 0.15) is 6.04 Å². The molecule has 0 aromatic heterocycles. The molecule has 128 valence electrons. The molecule has 0 radical (unpaired) electrons. The van der Waals surface area contributed by atoms with Gasteiger partial charge in [0.15, 0.2) is 6.61 Å². The first kappa shape index (κ1) is 17.7. The van der Waals surface area contributed by atoms with Crippen molar-refractivity contribution in [1.29, 1.82) is 0 Å². The average molecular weight is 332 g/mol. The Kier molecular flexibility index (Phi) is 5.33. The summed E-state index contributed by atoms with van der Waals surface area (Å²) in [5.74, 6) is -2.21. The van der Waals surface area contributed by atoms with Crippen molar-refractivity contribution in [3.8, 4) is 0 Å². The Morgan fingerprint density at radius 1 is 1.12 bits per heavy atom. The fourth-order valence-electron chi connectivity index (χ4n) is 2.55. The van der Waals surface area contributed by atoms with Crippen molar-refractivity contribution in [2.45, 2.75) is 26.3 Å². The van der Waals surface area contributed by atoms with Crippen LogP contribution in [0, 0.1) is 5.92 Å². The number of nitrogens with zero attached hydrogens (tertiary/aromatic N) is 1. The summed E-state index contributed by atoms with van der Waals surface area (Å²) in [7, 11) is 1.42. The highest BCUT2D eigenvalue weighted by Gasteiger charge is 2.43. The van der Waals surface area contributed by atoms with Crippen LogP contribution in [0.2, 0.25) is 0 Å². The van der Waals surface area contributed by atoms with Crippen LogP contribution < -0.4 is 5.32 Å². The van der Waals surface area contributed by atoms with Gasteiger partial charge in [0, 0.05) is 7.05 Å². The maximum atomic E-state index is 12.5. The lowest BCUT2D eigenvalue weighted by Crippen LogP contribution is -2.47. The molecule has 1 atom stereocenters. The van der Waals surface area contributed by atoms with E-state index in [9.17, 15) is 19.2 Å². The van der Waals surface area contributed by atoms with E-state index in [1.165, 1.54) is 7.05 Å². The Bertz CT molecular complexity index is 648. The molecule has 2 rings (SSSR count). The predicted octanol–water partition coefficient (Wildman–Crippen LogP) is 0.986. The quantitative estimate of drug-likeness (QED) is 0.619. The zero-order valence-electron chi connectivity index (χ0n) is 13.9. The first-order valence-corrected chi connectivity index (χ1v) is 7.71. The molecule has 1 heterocycles. The number of ether oxygens (including phenoxy) is 1. The lowest BCUT2D eigenvalue weighted by molar-refractivity contribution is -0.152. The molecule has 1 aromatic rings. The SMILES string of the molecule is CNC(=O)COC(=O)[C@@H](CC(C)C)N1C(=O)c2ccccc2C1=O. The molecule has 0 saturated heterocycles. The van der Waals surface area contributed by atoms with Crippen LogP contribution in [0.4, 0.5) is 0 Å². The standard InChI is InChI=1S/C17H20N2O5/c1-10(2)8-13(17(23)24-9-14(20)18-3)19-15(21)11-6-4-5-7-12(11)16(19)22/h4-7,10,13H,8-9H2,1-3H3,(H,18,20)/t13-/m1/s1. The second-order valence-corrected chi connectivity index (χ2v) is 5.95. The third-order valence-corrected chi connectivity index (χ3v) is 3.73. The molecule has 0 spiro atoms. The zero-order chi connectivity index (χ0) is 17.9. The summed E-state index contributed by atoms with van der Waals surface area (Å²) in [5.41, 5.74) is 0.547. The first-order valence-electron chi connectivity index (χ1n) is 7.71. The van der Waals surface area contributed by atoms with Crippen molar-refractivity contribution in [2.24, 2.45) is 5.92 Å². The van der Waals surface area contributed by atoms with Crippen LogP contribution in [0.1, 0.15) is 41.0 Å². The number of likely N-dealkylation sites (N-methyl/N-ethyl adjacent to an activating group) is 1. The second kappa shape index (κ2) is 7.25. The van der Waals surface area contributed by atoms with Crippen molar-refractivity contribution in [3.63, 3.8) is 0 Å². The molecule has 0 unspecified atom stereocenters. The Hall–Kier alpha value is -2.70. The van der Waals surface area contributed by atoms with Crippen LogP contribution >= 0.6 is 0 Å². The van der Waals surface area contributed by atoms with Crippen LogP contribution in [-0.2, 0) is 14.3 Å². The third-order valence-electron chi connectivity index (χ3n) is 3.73. The lowest BCUT2D eigenvalue weighted by Gasteiger charge is -2.25. The van der Waals surface area contributed by atoms with Crippen molar-refractivity contribution in [3.05, 3.63) is 35.4 Å². The number of hydrogen-bond acceptors (Lipinski definition) is 5. The van der Waals surface area contributed by atoms with Crippen molar-refractivity contribution in [1.82, 2.24) is 10.2 Å². The van der Waals surface area contributed by atoms with Crippen molar-refractivity contribution in [2.75, 3.05) is 13.7 Å². The van der Waals surface area contributed by atoms with Crippen LogP contribution in [0.25, 0.3) is 0 Å². The van der Waals surface area contributed by atoms with Gasteiger partial charge in [0.2, 0.25) is 0 Å². The van der Waals surface area contributed by atoms with E-state index in [4.69, 9.17) is 4.74 Å². The summed E-state index contributed by atoms with van der Waals surface area (Å²) in [5, 5.41) is 2.34. The van der Waals surface area contributed by atoms with Crippen molar-refractivity contribution >= 4 is 23.7 Å². The van der Waals surface area contributed by atoms with E-state index in [1.807, 2.05) is 13.8 Å². The average Bonchev–Trinajstić information content (AvgIpc) is 2.81. The third kappa shape index (κ3) is 3.45. The molecule has 1 aliphatic rings. The van der Waals surface area contributed by atoms with Crippen LogP contribution in [-0.4, -0.2) is 48.3 Å². The highest BCUT2D eigenvalue weighted by atomic mass is 16.5. The molecular weight excluding hydrogens is 312 g/mol. The molecule has 3 amide bonds. The topological polar surface area (TPSA) is 92.8 Å². The van der Waals surface area contributed by atoms with E-state index in [0.717, 1.165) is 4.90 Å². The minimum absolute atomic E-state index is 0.0480. The van der Waals surface area contributed by atoms with E-state index in [-0.39, 0.29) is 23.5 Å². The van der Waals surface area contributed by atoms with Crippen molar-refractivity contribution < 1.29 is 23.9 Å². The summed E-state index contributed by atoms with van der Waals surface area (Å²) in [6.45, 7) is 3.29. The minimum atomic E-state index is -1.05. The van der Waals surface area contributed by atoms with E-state index < -0.39 is 36.3 Å². The lowest BCUT2D eigenvalue weighted by atomic mass is 10.0. The summed E-state index contributed by atoms with van der Waals surface area (Å²) in [6.07, 6.45) is 0.262. The van der Waals surface area contributed by atoms with Crippen LogP contribution in [0.5, 0.6) is 0 Å². The van der Waals surface area contributed by atoms with E-state index in [1.54, 1.807) is 24.3 Å². The largest absolute Gasteiger partial charge is 0.454 e. The number of fused-ring (bicyclic) bond motifs is 1. The van der Waals surface area contributed by atoms with Gasteiger partial charge >= 0.3 is 5.97 Å². The van der Waals surface area contributed by atoms with E-state index >= 15 is 0 Å². The van der Waals surface area contributed by atoms with Gasteiger partial charge in [0.05, 0.1) is 11.1 Å². The van der Waals surface area contributed by atoms with Gasteiger partial charge in [-0.25, -0.2) is 4.79 Å². The normalized spacial score (nSPS) is 14.6. The van der Waals surface area contributed by atoms with E-state index in [0.29, 0.717) is 0 Å². The van der Waals surface area contributed by atoms with Gasteiger partial charge in [0.25, 0.3) is 17.7 Å². The number of nitrogens with one attached hydrogen (secondary N) is 1. The van der Waals surface area contributed by atoms with Crippen LogP contribution in [0.3, 0.4) is 0 Å². The number of imide groups is 1. The molecule has 0 saturated carbocycles. The summed E-state index contributed by atoms with van der Waals surface area (Å²) >= 11 is 0. The first-order chi connectivity index (χ1) is 11.4. The summed E-state index contributed by atoms with van der Waals surface area (Å²) in [6, 6.07) is 5.38. The molecule has 1 aromatic carbocycles. The van der Waals surface area contributed by atoms with Gasteiger partial charge in [-0.3, -0.25) is 19.3 Å². The fraction of sp³-hybridized carbons (Fsp3) is 0.412. The molecule has 7 nitrogen and oxygen atoms in total. The highest BCUT2D eigenvalue weighted by molar-refractivity contribution is 6.22. The Morgan fingerprint density at radius 2 is 1.67 bits per heavy atom. The molecule has 0 aliphatic carbocycles. The number of rotatable bonds is 6. The number of carbonyl (C=O) groups excluding carboxylic acids is 4. The molecule has 1 aliphatic heterocycles. The molecule has 0 fully saturated rings. The van der Waals surface area contributed by atoms with Gasteiger partial charge in [-0.05, 0) is 24.5 Å². The molecule has 1 N–H and O–H groups in total. The molecule has 24 heavy (non-hydrogen) atoms. The molecule has 7 heteroatoms. The summed E-state index contributed by atoms with van der Waals surface area (Å²) < 4.78 is 4.97. The predicted molar refractivity (Wildman–Crippen MR) is 85.2 cm³/mol. The Morgan fingerprint density at radius 3 is 2.12 bits per heavy atom. The molecule has 0 bridgehead atoms. The maximum absolute atomic E-state index is 12.5. The number of hydrogen-bond donors (Lipinski definition) is 1.